The topological polar surface area (TPSA) is 49.4 Å². The van der Waals surface area contributed by atoms with E-state index in [1.54, 1.807) is 14.1 Å². The highest BCUT2D eigenvalue weighted by atomic mass is 32.2. The lowest BCUT2D eigenvalue weighted by Crippen LogP contribution is -2.34. The van der Waals surface area contributed by atoms with Crippen LogP contribution >= 0.6 is 0 Å². The molecule has 0 unspecified atom stereocenters. The van der Waals surface area contributed by atoms with Crippen LogP contribution in [0.3, 0.4) is 0 Å². The van der Waals surface area contributed by atoms with Crippen LogP contribution in [0.2, 0.25) is 0 Å². The molecule has 0 aromatic carbocycles. The maximum absolute atomic E-state index is 11.5. The van der Waals surface area contributed by atoms with Crippen molar-refractivity contribution in [2.75, 3.05) is 26.4 Å². The molecule has 0 saturated heterocycles. The van der Waals surface area contributed by atoms with Gasteiger partial charge in [0.25, 0.3) is 0 Å². The number of hydrogen-bond acceptors (Lipinski definition) is 3. The Labute approximate surface area is 74.0 Å². The third-order valence-electron chi connectivity index (χ3n) is 2.11. The molecular formula is C7H16N2O2S. The normalized spacial score (nSPS) is 18.6. The van der Waals surface area contributed by atoms with Gasteiger partial charge >= 0.3 is 0 Å². The van der Waals surface area contributed by atoms with Gasteiger partial charge in [-0.15, -0.1) is 0 Å². The summed E-state index contributed by atoms with van der Waals surface area (Å²) in [5.74, 6) is 0.205. The quantitative estimate of drug-likeness (QED) is 0.646. The van der Waals surface area contributed by atoms with Crippen molar-refractivity contribution in [2.45, 2.75) is 18.9 Å². The highest BCUT2D eigenvalue weighted by Crippen LogP contribution is 2.27. The van der Waals surface area contributed by atoms with E-state index in [1.165, 1.54) is 4.31 Å². The Morgan fingerprint density at radius 3 is 2.50 bits per heavy atom. The van der Waals surface area contributed by atoms with E-state index in [0.717, 1.165) is 12.8 Å². The Morgan fingerprint density at radius 1 is 1.50 bits per heavy atom. The molecule has 0 heterocycles. The van der Waals surface area contributed by atoms with Gasteiger partial charge in [0.05, 0.1) is 5.75 Å². The van der Waals surface area contributed by atoms with E-state index in [0.29, 0.717) is 6.54 Å². The molecule has 5 heteroatoms. The van der Waals surface area contributed by atoms with Gasteiger partial charge in [0, 0.05) is 19.6 Å². The van der Waals surface area contributed by atoms with E-state index in [2.05, 4.69) is 5.32 Å². The van der Waals surface area contributed by atoms with Gasteiger partial charge < -0.3 is 5.32 Å². The molecule has 4 nitrogen and oxygen atoms in total. The van der Waals surface area contributed by atoms with Crippen LogP contribution in [-0.4, -0.2) is 45.2 Å². The highest BCUT2D eigenvalue weighted by Gasteiger charge is 2.33. The van der Waals surface area contributed by atoms with Gasteiger partial charge in [-0.05, 0) is 19.9 Å². The van der Waals surface area contributed by atoms with Crippen LogP contribution in [0.4, 0.5) is 0 Å². The second-order valence-corrected chi connectivity index (χ2v) is 5.31. The molecule has 1 saturated carbocycles. The monoisotopic (exact) mass is 192 g/mol. The standard InChI is InChI=1S/C7H16N2O2S/c1-8-5-6-12(10,11)9(2)7-3-4-7/h7-8H,3-6H2,1-2H3. The van der Waals surface area contributed by atoms with Crippen molar-refractivity contribution in [3.63, 3.8) is 0 Å². The molecular weight excluding hydrogens is 176 g/mol. The number of sulfonamides is 1. The van der Waals surface area contributed by atoms with Crippen LogP contribution < -0.4 is 5.32 Å². The molecule has 1 N–H and O–H groups in total. The third kappa shape index (κ3) is 2.43. The fraction of sp³-hybridized carbons (Fsp3) is 1.00. The van der Waals surface area contributed by atoms with E-state index in [4.69, 9.17) is 0 Å². The second-order valence-electron chi connectivity index (χ2n) is 3.17. The van der Waals surface area contributed by atoms with E-state index in [-0.39, 0.29) is 11.8 Å². The summed E-state index contributed by atoms with van der Waals surface area (Å²) in [4.78, 5) is 0. The van der Waals surface area contributed by atoms with Gasteiger partial charge in [-0.1, -0.05) is 0 Å². The molecule has 0 atom stereocenters. The van der Waals surface area contributed by atoms with Gasteiger partial charge in [-0.3, -0.25) is 0 Å². The molecule has 0 amide bonds. The predicted octanol–water partition coefficient (Wildman–Crippen LogP) is -0.370. The first-order valence-electron chi connectivity index (χ1n) is 4.18. The van der Waals surface area contributed by atoms with Crippen LogP contribution in [0.1, 0.15) is 12.8 Å². The van der Waals surface area contributed by atoms with Crippen LogP contribution in [0.25, 0.3) is 0 Å². The van der Waals surface area contributed by atoms with Crippen LogP contribution in [0, 0.1) is 0 Å². The average molecular weight is 192 g/mol. The first-order valence-corrected chi connectivity index (χ1v) is 5.79. The Kier molecular flexibility index (Phi) is 3.09. The van der Waals surface area contributed by atoms with Gasteiger partial charge in [-0.25, -0.2) is 12.7 Å². The van der Waals surface area contributed by atoms with E-state index in [9.17, 15) is 8.42 Å². The minimum Gasteiger partial charge on any atom is -0.319 e. The highest BCUT2D eigenvalue weighted by molar-refractivity contribution is 7.89. The van der Waals surface area contributed by atoms with Gasteiger partial charge in [-0.2, -0.15) is 0 Å². The molecule has 1 fully saturated rings. The zero-order valence-electron chi connectivity index (χ0n) is 7.58. The van der Waals surface area contributed by atoms with Crippen molar-refractivity contribution < 1.29 is 8.42 Å². The summed E-state index contributed by atoms with van der Waals surface area (Å²) in [6.45, 7) is 0.527. The van der Waals surface area contributed by atoms with Crippen molar-refractivity contribution in [3.8, 4) is 0 Å². The SMILES string of the molecule is CNCCS(=O)(=O)N(C)C1CC1. The van der Waals surface area contributed by atoms with Crippen LogP contribution in [-0.2, 0) is 10.0 Å². The predicted molar refractivity (Wildman–Crippen MR) is 48.5 cm³/mol. The van der Waals surface area contributed by atoms with E-state index < -0.39 is 10.0 Å². The first kappa shape index (κ1) is 9.95. The molecule has 0 aromatic rings. The summed E-state index contributed by atoms with van der Waals surface area (Å²) in [5.41, 5.74) is 0. The maximum atomic E-state index is 11.5. The molecule has 72 valence electrons. The molecule has 0 aliphatic heterocycles. The fourth-order valence-corrected chi connectivity index (χ4v) is 2.46. The zero-order chi connectivity index (χ0) is 9.19. The minimum atomic E-state index is -2.99. The molecule has 1 aliphatic rings. The van der Waals surface area contributed by atoms with Crippen molar-refractivity contribution >= 4 is 10.0 Å². The Bertz CT molecular complexity index is 234. The summed E-state index contributed by atoms with van der Waals surface area (Å²) >= 11 is 0. The molecule has 1 aliphatic carbocycles. The molecule has 0 bridgehead atoms. The summed E-state index contributed by atoms with van der Waals surface area (Å²) in [6.07, 6.45) is 2.05. The van der Waals surface area contributed by atoms with Crippen molar-refractivity contribution in [1.29, 1.82) is 0 Å². The van der Waals surface area contributed by atoms with Gasteiger partial charge in [0.2, 0.25) is 10.0 Å². The fourth-order valence-electron chi connectivity index (χ4n) is 1.04. The molecule has 0 radical (unpaired) electrons. The lowest BCUT2D eigenvalue weighted by molar-refractivity contribution is 0.463. The third-order valence-corrected chi connectivity index (χ3v) is 4.01. The first-order chi connectivity index (χ1) is 5.58. The molecule has 1 rings (SSSR count). The van der Waals surface area contributed by atoms with Crippen molar-refractivity contribution in [3.05, 3.63) is 0 Å². The smallest absolute Gasteiger partial charge is 0.215 e. The summed E-state index contributed by atoms with van der Waals surface area (Å²) in [7, 11) is 0.438. The summed E-state index contributed by atoms with van der Waals surface area (Å²) in [5, 5.41) is 2.83. The average Bonchev–Trinajstić information content (AvgIpc) is 2.82. The molecule has 0 spiro atoms. The van der Waals surface area contributed by atoms with Crippen molar-refractivity contribution in [1.82, 2.24) is 9.62 Å². The Hall–Kier alpha value is -0.130. The second kappa shape index (κ2) is 3.72. The number of nitrogens with zero attached hydrogens (tertiary/aromatic N) is 1. The van der Waals surface area contributed by atoms with Crippen LogP contribution in [0.15, 0.2) is 0 Å². The number of rotatable bonds is 5. The summed E-state index contributed by atoms with van der Waals surface area (Å²) < 4.78 is 24.4. The van der Waals surface area contributed by atoms with Gasteiger partial charge in [0.1, 0.15) is 0 Å². The number of nitrogens with one attached hydrogen (secondary N) is 1. The van der Waals surface area contributed by atoms with Crippen molar-refractivity contribution in [2.24, 2.45) is 0 Å². The Balaban J connectivity index is 2.45. The van der Waals surface area contributed by atoms with E-state index >= 15 is 0 Å². The van der Waals surface area contributed by atoms with E-state index in [1.807, 2.05) is 0 Å². The number of hydrogen-bond donors (Lipinski definition) is 1. The summed E-state index contributed by atoms with van der Waals surface area (Å²) in [6, 6.07) is 0.284. The maximum Gasteiger partial charge on any atom is 0.215 e. The lowest BCUT2D eigenvalue weighted by Gasteiger charge is -2.15. The molecule has 12 heavy (non-hydrogen) atoms. The zero-order valence-corrected chi connectivity index (χ0v) is 8.39. The minimum absolute atomic E-state index is 0.205. The van der Waals surface area contributed by atoms with Crippen LogP contribution in [0.5, 0.6) is 0 Å². The van der Waals surface area contributed by atoms with Gasteiger partial charge in [0.15, 0.2) is 0 Å². The largest absolute Gasteiger partial charge is 0.319 e. The molecule has 0 aromatic heterocycles. The lowest BCUT2D eigenvalue weighted by atomic mass is 10.7. The Morgan fingerprint density at radius 2 is 2.08 bits per heavy atom.